The fourth-order valence-electron chi connectivity index (χ4n) is 3.09. The van der Waals surface area contributed by atoms with Crippen LogP contribution in [0.15, 0.2) is 0 Å². The quantitative estimate of drug-likeness (QED) is 0.774. The molecule has 0 aromatic heterocycles. The van der Waals surface area contributed by atoms with E-state index < -0.39 is 0 Å². The van der Waals surface area contributed by atoms with Gasteiger partial charge in [-0.2, -0.15) is 0 Å². The summed E-state index contributed by atoms with van der Waals surface area (Å²) in [4.78, 5) is 2.63. The molecule has 0 amide bonds. The summed E-state index contributed by atoms with van der Waals surface area (Å²) >= 11 is 0. The fraction of sp³-hybridized carbons (Fsp3) is 1.00. The van der Waals surface area contributed by atoms with Crippen molar-refractivity contribution in [3.8, 4) is 0 Å². The van der Waals surface area contributed by atoms with Crippen LogP contribution in [0.4, 0.5) is 0 Å². The highest BCUT2D eigenvalue weighted by Gasteiger charge is 2.22. The van der Waals surface area contributed by atoms with Crippen molar-refractivity contribution in [2.24, 2.45) is 11.8 Å². The third-order valence-electron chi connectivity index (χ3n) is 4.21. The molecule has 1 saturated heterocycles. The summed E-state index contributed by atoms with van der Waals surface area (Å²) < 4.78 is 0. The molecule has 1 aliphatic carbocycles. The molecular formula is C13H25NO. The molecule has 88 valence electrons. The number of hydrogen-bond donors (Lipinski definition) is 1. The highest BCUT2D eigenvalue weighted by Crippen LogP contribution is 2.26. The molecule has 2 rings (SSSR count). The van der Waals surface area contributed by atoms with Gasteiger partial charge < -0.3 is 10.0 Å². The van der Waals surface area contributed by atoms with Crippen molar-refractivity contribution >= 4 is 0 Å². The summed E-state index contributed by atoms with van der Waals surface area (Å²) in [6.07, 6.45) is 9.71. The Labute approximate surface area is 93.7 Å². The summed E-state index contributed by atoms with van der Waals surface area (Å²) in [6, 6.07) is 0. The second-order valence-corrected chi connectivity index (χ2v) is 5.43. The van der Waals surface area contributed by atoms with Crippen molar-refractivity contribution in [1.82, 2.24) is 4.90 Å². The third kappa shape index (κ3) is 3.46. The van der Waals surface area contributed by atoms with E-state index in [9.17, 15) is 0 Å². The normalized spacial score (nSPS) is 27.0. The van der Waals surface area contributed by atoms with E-state index in [4.69, 9.17) is 5.11 Å². The molecule has 1 saturated carbocycles. The fourth-order valence-corrected chi connectivity index (χ4v) is 3.09. The Morgan fingerprint density at radius 2 is 1.53 bits per heavy atom. The van der Waals surface area contributed by atoms with Gasteiger partial charge in [0.25, 0.3) is 0 Å². The maximum Gasteiger partial charge on any atom is 0.0460 e. The highest BCUT2D eigenvalue weighted by molar-refractivity contribution is 4.75. The molecule has 0 radical (unpaired) electrons. The van der Waals surface area contributed by atoms with E-state index in [0.29, 0.717) is 12.5 Å². The van der Waals surface area contributed by atoms with E-state index in [1.807, 2.05) is 0 Å². The van der Waals surface area contributed by atoms with Crippen molar-refractivity contribution in [3.05, 3.63) is 0 Å². The Balaban J connectivity index is 1.67. The van der Waals surface area contributed by atoms with Gasteiger partial charge in [0.2, 0.25) is 0 Å². The van der Waals surface area contributed by atoms with Gasteiger partial charge in [0, 0.05) is 13.2 Å². The predicted octanol–water partition coefficient (Wildman–Crippen LogP) is 2.27. The van der Waals surface area contributed by atoms with Gasteiger partial charge in [-0.1, -0.05) is 19.3 Å². The molecule has 2 nitrogen and oxygen atoms in total. The number of aliphatic hydroxyl groups excluding tert-OH is 1. The molecule has 0 unspecified atom stereocenters. The lowest BCUT2D eigenvalue weighted by Gasteiger charge is -2.34. The lowest BCUT2D eigenvalue weighted by atomic mass is 9.88. The van der Waals surface area contributed by atoms with Crippen LogP contribution in [0.3, 0.4) is 0 Å². The monoisotopic (exact) mass is 211 g/mol. The van der Waals surface area contributed by atoms with E-state index in [1.54, 1.807) is 0 Å². The zero-order valence-corrected chi connectivity index (χ0v) is 9.83. The van der Waals surface area contributed by atoms with Crippen LogP contribution < -0.4 is 0 Å². The Morgan fingerprint density at radius 3 is 2.13 bits per heavy atom. The third-order valence-corrected chi connectivity index (χ3v) is 4.21. The second kappa shape index (κ2) is 5.86. The van der Waals surface area contributed by atoms with Crippen LogP contribution in [-0.4, -0.2) is 36.2 Å². The molecular weight excluding hydrogens is 186 g/mol. The zero-order valence-electron chi connectivity index (χ0n) is 9.83. The SMILES string of the molecule is OCC1CCN(CC2CCCCC2)CC1. The first kappa shape index (κ1) is 11.4. The first-order valence-corrected chi connectivity index (χ1v) is 6.71. The van der Waals surface area contributed by atoms with Gasteiger partial charge in [-0.15, -0.1) is 0 Å². The molecule has 15 heavy (non-hydrogen) atoms. The molecule has 2 fully saturated rings. The molecule has 0 spiro atoms. The average molecular weight is 211 g/mol. The van der Waals surface area contributed by atoms with Crippen LogP contribution in [0.25, 0.3) is 0 Å². The van der Waals surface area contributed by atoms with Gasteiger partial charge in [-0.3, -0.25) is 0 Å². The number of nitrogens with zero attached hydrogens (tertiary/aromatic N) is 1. The van der Waals surface area contributed by atoms with Gasteiger partial charge in [0.15, 0.2) is 0 Å². The summed E-state index contributed by atoms with van der Waals surface area (Å²) in [6.45, 7) is 4.18. The van der Waals surface area contributed by atoms with Gasteiger partial charge in [0.1, 0.15) is 0 Å². The molecule has 0 aromatic carbocycles. The zero-order chi connectivity index (χ0) is 10.5. The van der Waals surface area contributed by atoms with Crippen molar-refractivity contribution in [2.45, 2.75) is 44.9 Å². The smallest absolute Gasteiger partial charge is 0.0460 e. The molecule has 0 aromatic rings. The van der Waals surface area contributed by atoms with E-state index in [1.165, 1.54) is 64.6 Å². The maximum atomic E-state index is 9.08. The second-order valence-electron chi connectivity index (χ2n) is 5.43. The standard InChI is InChI=1S/C13H25NO/c15-11-13-6-8-14(9-7-13)10-12-4-2-1-3-5-12/h12-13,15H,1-11H2. The van der Waals surface area contributed by atoms with Crippen LogP contribution in [0, 0.1) is 11.8 Å². The number of hydrogen-bond acceptors (Lipinski definition) is 2. The van der Waals surface area contributed by atoms with Crippen molar-refractivity contribution in [2.75, 3.05) is 26.2 Å². The van der Waals surface area contributed by atoms with Crippen LogP contribution in [0.5, 0.6) is 0 Å². The summed E-state index contributed by atoms with van der Waals surface area (Å²) in [5.74, 6) is 1.57. The molecule has 1 heterocycles. The predicted molar refractivity (Wildman–Crippen MR) is 62.8 cm³/mol. The molecule has 2 aliphatic rings. The summed E-state index contributed by atoms with van der Waals surface area (Å²) in [5, 5.41) is 9.08. The van der Waals surface area contributed by atoms with Crippen molar-refractivity contribution in [1.29, 1.82) is 0 Å². The van der Waals surface area contributed by atoms with E-state index in [2.05, 4.69) is 4.90 Å². The summed E-state index contributed by atoms with van der Waals surface area (Å²) in [7, 11) is 0. The Bertz CT molecular complexity index is 169. The Morgan fingerprint density at radius 1 is 0.867 bits per heavy atom. The van der Waals surface area contributed by atoms with Crippen LogP contribution in [0.1, 0.15) is 44.9 Å². The van der Waals surface area contributed by atoms with Crippen molar-refractivity contribution < 1.29 is 5.11 Å². The number of aliphatic hydroxyl groups is 1. The first-order chi connectivity index (χ1) is 7.38. The topological polar surface area (TPSA) is 23.5 Å². The van der Waals surface area contributed by atoms with Crippen LogP contribution in [-0.2, 0) is 0 Å². The van der Waals surface area contributed by atoms with Crippen LogP contribution >= 0.6 is 0 Å². The molecule has 1 N–H and O–H groups in total. The van der Waals surface area contributed by atoms with Gasteiger partial charge >= 0.3 is 0 Å². The van der Waals surface area contributed by atoms with Crippen molar-refractivity contribution in [3.63, 3.8) is 0 Å². The number of piperidine rings is 1. The number of likely N-dealkylation sites (tertiary alicyclic amines) is 1. The Kier molecular flexibility index (Phi) is 4.45. The van der Waals surface area contributed by atoms with Crippen LogP contribution in [0.2, 0.25) is 0 Å². The Hall–Kier alpha value is -0.0800. The van der Waals surface area contributed by atoms with E-state index >= 15 is 0 Å². The van der Waals surface area contributed by atoms with Gasteiger partial charge in [-0.05, 0) is 50.6 Å². The lowest BCUT2D eigenvalue weighted by molar-refractivity contribution is 0.112. The summed E-state index contributed by atoms with van der Waals surface area (Å²) in [5.41, 5.74) is 0. The minimum atomic E-state index is 0.400. The molecule has 0 atom stereocenters. The maximum absolute atomic E-state index is 9.08. The minimum Gasteiger partial charge on any atom is -0.396 e. The number of rotatable bonds is 3. The molecule has 0 bridgehead atoms. The van der Waals surface area contributed by atoms with E-state index in [-0.39, 0.29) is 0 Å². The van der Waals surface area contributed by atoms with E-state index in [0.717, 1.165) is 5.92 Å². The highest BCUT2D eigenvalue weighted by atomic mass is 16.3. The first-order valence-electron chi connectivity index (χ1n) is 6.71. The molecule has 1 aliphatic heterocycles. The largest absolute Gasteiger partial charge is 0.396 e. The minimum absolute atomic E-state index is 0.400. The molecule has 2 heteroatoms. The van der Waals surface area contributed by atoms with Gasteiger partial charge in [0.05, 0.1) is 0 Å². The van der Waals surface area contributed by atoms with Gasteiger partial charge in [-0.25, -0.2) is 0 Å². The average Bonchev–Trinajstić information content (AvgIpc) is 2.31. The lowest BCUT2D eigenvalue weighted by Crippen LogP contribution is -2.38.